The summed E-state index contributed by atoms with van der Waals surface area (Å²) in [6.07, 6.45) is 1.73. The van der Waals surface area contributed by atoms with Gasteiger partial charge in [0.2, 0.25) is 0 Å². The topological polar surface area (TPSA) is 86.7 Å². The number of aryl methyl sites for hydroxylation is 2. The first-order chi connectivity index (χ1) is 10.5. The SMILES string of the molecule is Cc1ccnc(SCc2nc3cc([N+](=O)[O-])ccc3n2C)n1. The van der Waals surface area contributed by atoms with Crippen LogP contribution >= 0.6 is 11.8 Å². The second kappa shape index (κ2) is 5.72. The standard InChI is InChI=1S/C14H13N5O2S/c1-9-5-6-15-14(16-9)22-8-13-17-11-7-10(19(20)21)3-4-12(11)18(13)2/h3-7H,8H2,1-2H3. The van der Waals surface area contributed by atoms with Gasteiger partial charge in [0.25, 0.3) is 5.69 Å². The molecule has 2 heterocycles. The van der Waals surface area contributed by atoms with Crippen molar-refractivity contribution in [3.05, 3.63) is 52.1 Å². The highest BCUT2D eigenvalue weighted by Gasteiger charge is 2.13. The number of thioether (sulfide) groups is 1. The fourth-order valence-corrected chi connectivity index (χ4v) is 2.97. The molecule has 0 aliphatic carbocycles. The van der Waals surface area contributed by atoms with Gasteiger partial charge >= 0.3 is 0 Å². The van der Waals surface area contributed by atoms with Crippen LogP contribution in [0.2, 0.25) is 0 Å². The van der Waals surface area contributed by atoms with Crippen LogP contribution in [-0.4, -0.2) is 24.4 Å². The Labute approximate surface area is 130 Å². The van der Waals surface area contributed by atoms with E-state index in [-0.39, 0.29) is 5.69 Å². The first kappa shape index (κ1) is 14.5. The van der Waals surface area contributed by atoms with Gasteiger partial charge in [-0.05, 0) is 19.1 Å². The Bertz CT molecular complexity index is 862. The van der Waals surface area contributed by atoms with Crippen LogP contribution < -0.4 is 0 Å². The van der Waals surface area contributed by atoms with Gasteiger partial charge in [0.1, 0.15) is 5.82 Å². The summed E-state index contributed by atoms with van der Waals surface area (Å²) in [4.78, 5) is 23.4. The number of hydrogen-bond donors (Lipinski definition) is 0. The fraction of sp³-hybridized carbons (Fsp3) is 0.214. The van der Waals surface area contributed by atoms with E-state index < -0.39 is 4.92 Å². The second-order valence-corrected chi connectivity index (χ2v) is 5.73. The molecule has 0 unspecified atom stereocenters. The zero-order valence-electron chi connectivity index (χ0n) is 12.1. The number of imidazole rings is 1. The Balaban J connectivity index is 1.87. The Morgan fingerprint density at radius 3 is 2.86 bits per heavy atom. The van der Waals surface area contributed by atoms with Crippen molar-refractivity contribution in [2.45, 2.75) is 17.8 Å². The van der Waals surface area contributed by atoms with E-state index in [0.717, 1.165) is 17.0 Å². The monoisotopic (exact) mass is 315 g/mol. The number of nitrogens with zero attached hydrogens (tertiary/aromatic N) is 5. The van der Waals surface area contributed by atoms with E-state index in [0.29, 0.717) is 16.4 Å². The summed E-state index contributed by atoms with van der Waals surface area (Å²) < 4.78 is 1.93. The molecule has 0 bridgehead atoms. The summed E-state index contributed by atoms with van der Waals surface area (Å²) in [5.74, 6) is 1.42. The van der Waals surface area contributed by atoms with Crippen LogP contribution in [-0.2, 0) is 12.8 Å². The molecule has 8 heteroatoms. The van der Waals surface area contributed by atoms with Crippen LogP contribution in [0.4, 0.5) is 5.69 Å². The summed E-state index contributed by atoms with van der Waals surface area (Å²) in [6, 6.07) is 6.55. The van der Waals surface area contributed by atoms with Crippen LogP contribution in [0.1, 0.15) is 11.5 Å². The number of fused-ring (bicyclic) bond motifs is 1. The van der Waals surface area contributed by atoms with Crippen molar-refractivity contribution in [2.24, 2.45) is 7.05 Å². The van der Waals surface area contributed by atoms with Crippen LogP contribution in [0.5, 0.6) is 0 Å². The summed E-state index contributed by atoms with van der Waals surface area (Å²) in [5.41, 5.74) is 2.45. The molecular formula is C14H13N5O2S. The number of rotatable bonds is 4. The predicted octanol–water partition coefficient (Wildman–Crippen LogP) is 2.87. The molecule has 22 heavy (non-hydrogen) atoms. The zero-order valence-corrected chi connectivity index (χ0v) is 12.9. The molecule has 2 aromatic heterocycles. The van der Waals surface area contributed by atoms with Crippen LogP contribution in [0.25, 0.3) is 11.0 Å². The highest BCUT2D eigenvalue weighted by atomic mass is 32.2. The number of aromatic nitrogens is 4. The van der Waals surface area contributed by atoms with E-state index in [1.807, 2.05) is 24.6 Å². The smallest absolute Gasteiger partial charge is 0.271 e. The van der Waals surface area contributed by atoms with Crippen molar-refractivity contribution in [2.75, 3.05) is 0 Å². The van der Waals surface area contributed by atoms with Crippen LogP contribution in [0.15, 0.2) is 35.6 Å². The second-order valence-electron chi connectivity index (χ2n) is 4.79. The lowest BCUT2D eigenvalue weighted by Crippen LogP contribution is -1.97. The number of benzene rings is 1. The van der Waals surface area contributed by atoms with Crippen molar-refractivity contribution < 1.29 is 4.92 Å². The van der Waals surface area contributed by atoms with Gasteiger partial charge < -0.3 is 4.57 Å². The van der Waals surface area contributed by atoms with Crippen molar-refractivity contribution >= 4 is 28.5 Å². The maximum Gasteiger partial charge on any atom is 0.271 e. The van der Waals surface area contributed by atoms with Crippen molar-refractivity contribution in [1.82, 2.24) is 19.5 Å². The number of nitro groups is 1. The molecule has 0 saturated heterocycles. The third-order valence-corrected chi connectivity index (χ3v) is 4.13. The minimum absolute atomic E-state index is 0.0480. The Hall–Kier alpha value is -2.48. The summed E-state index contributed by atoms with van der Waals surface area (Å²) in [7, 11) is 1.90. The van der Waals surface area contributed by atoms with Crippen LogP contribution in [0.3, 0.4) is 0 Å². The lowest BCUT2D eigenvalue weighted by molar-refractivity contribution is -0.384. The quantitative estimate of drug-likeness (QED) is 0.318. The Morgan fingerprint density at radius 2 is 2.14 bits per heavy atom. The molecule has 0 fully saturated rings. The molecule has 0 aliphatic rings. The first-order valence-electron chi connectivity index (χ1n) is 6.57. The Kier molecular flexibility index (Phi) is 3.76. The van der Waals surface area contributed by atoms with E-state index in [1.165, 1.54) is 23.9 Å². The lowest BCUT2D eigenvalue weighted by Gasteiger charge is -2.02. The minimum atomic E-state index is -0.414. The predicted molar refractivity (Wildman–Crippen MR) is 83.7 cm³/mol. The largest absolute Gasteiger partial charge is 0.330 e. The van der Waals surface area contributed by atoms with E-state index in [2.05, 4.69) is 15.0 Å². The highest BCUT2D eigenvalue weighted by Crippen LogP contribution is 2.24. The molecule has 112 valence electrons. The molecule has 0 N–H and O–H groups in total. The molecule has 0 radical (unpaired) electrons. The summed E-state index contributed by atoms with van der Waals surface area (Å²) in [5, 5.41) is 11.5. The zero-order chi connectivity index (χ0) is 15.7. The van der Waals surface area contributed by atoms with Gasteiger partial charge in [0.05, 0.1) is 21.7 Å². The molecule has 3 rings (SSSR count). The highest BCUT2D eigenvalue weighted by molar-refractivity contribution is 7.98. The van der Waals surface area contributed by atoms with Gasteiger partial charge in [0, 0.05) is 31.1 Å². The first-order valence-corrected chi connectivity index (χ1v) is 7.55. The molecule has 0 atom stereocenters. The molecule has 0 aliphatic heterocycles. The molecular weight excluding hydrogens is 302 g/mol. The molecule has 0 saturated carbocycles. The van der Waals surface area contributed by atoms with E-state index in [4.69, 9.17) is 0 Å². The Morgan fingerprint density at radius 1 is 1.32 bits per heavy atom. The maximum absolute atomic E-state index is 10.8. The van der Waals surface area contributed by atoms with Crippen molar-refractivity contribution in [1.29, 1.82) is 0 Å². The van der Waals surface area contributed by atoms with Gasteiger partial charge in [-0.25, -0.2) is 15.0 Å². The van der Waals surface area contributed by atoms with Gasteiger partial charge in [0.15, 0.2) is 5.16 Å². The van der Waals surface area contributed by atoms with Gasteiger partial charge in [-0.15, -0.1) is 0 Å². The average Bonchev–Trinajstić information content (AvgIpc) is 2.81. The number of hydrogen-bond acceptors (Lipinski definition) is 6. The third-order valence-electron chi connectivity index (χ3n) is 3.27. The van der Waals surface area contributed by atoms with Gasteiger partial charge in [-0.2, -0.15) is 0 Å². The van der Waals surface area contributed by atoms with Gasteiger partial charge in [-0.3, -0.25) is 10.1 Å². The van der Waals surface area contributed by atoms with Crippen LogP contribution in [0, 0.1) is 17.0 Å². The van der Waals surface area contributed by atoms with E-state index in [9.17, 15) is 10.1 Å². The number of nitro benzene ring substituents is 1. The lowest BCUT2D eigenvalue weighted by atomic mass is 10.3. The maximum atomic E-state index is 10.8. The van der Waals surface area contributed by atoms with Crippen molar-refractivity contribution in [3.8, 4) is 0 Å². The molecule has 0 amide bonds. The van der Waals surface area contributed by atoms with E-state index in [1.54, 1.807) is 12.3 Å². The van der Waals surface area contributed by atoms with Gasteiger partial charge in [-0.1, -0.05) is 11.8 Å². The van der Waals surface area contributed by atoms with E-state index >= 15 is 0 Å². The molecule has 1 aromatic carbocycles. The minimum Gasteiger partial charge on any atom is -0.330 e. The number of non-ortho nitro benzene ring substituents is 1. The molecule has 7 nitrogen and oxygen atoms in total. The fourth-order valence-electron chi connectivity index (χ4n) is 2.11. The molecule has 0 spiro atoms. The van der Waals surface area contributed by atoms with Crippen molar-refractivity contribution in [3.63, 3.8) is 0 Å². The summed E-state index contributed by atoms with van der Waals surface area (Å²) in [6.45, 7) is 1.92. The molecule has 3 aromatic rings. The third kappa shape index (κ3) is 2.77. The average molecular weight is 315 g/mol. The summed E-state index contributed by atoms with van der Waals surface area (Å²) >= 11 is 1.49. The normalized spacial score (nSPS) is 11.0.